The Hall–Kier alpha value is -3.94. The minimum Gasteiger partial charge on any atom is -0.376 e. The predicted octanol–water partition coefficient (Wildman–Crippen LogP) is 3.91. The van der Waals surface area contributed by atoms with Gasteiger partial charge in [0, 0.05) is 31.7 Å². The molecule has 1 fully saturated rings. The van der Waals surface area contributed by atoms with Crippen LogP contribution >= 0.6 is 11.6 Å². The number of nitrogens with one attached hydrogen (secondary N) is 2. The molecule has 1 saturated heterocycles. The summed E-state index contributed by atoms with van der Waals surface area (Å²) in [6.45, 7) is 5.33. The third-order valence-corrected chi connectivity index (χ3v) is 8.02. The van der Waals surface area contributed by atoms with E-state index < -0.39 is 17.6 Å². The second-order valence-corrected chi connectivity index (χ2v) is 10.9. The Balaban J connectivity index is 1.43. The number of hydrogen-bond acceptors (Lipinski definition) is 7. The van der Waals surface area contributed by atoms with E-state index >= 15 is 0 Å². The van der Waals surface area contributed by atoms with Crippen molar-refractivity contribution in [3.05, 3.63) is 74.2 Å². The number of aromatic nitrogens is 4. The molecule has 2 N–H and O–H groups in total. The molecule has 2 aromatic heterocycles. The quantitative estimate of drug-likeness (QED) is 0.339. The summed E-state index contributed by atoms with van der Waals surface area (Å²) < 4.78 is 47.7. The Bertz CT molecular complexity index is 1760. The van der Waals surface area contributed by atoms with Crippen molar-refractivity contribution in [2.75, 3.05) is 43.0 Å². The highest BCUT2D eigenvalue weighted by molar-refractivity contribution is 6.33. The van der Waals surface area contributed by atoms with Crippen molar-refractivity contribution in [2.24, 2.45) is 0 Å². The number of ether oxygens (including phenoxy) is 1. The van der Waals surface area contributed by atoms with Crippen molar-refractivity contribution < 1.29 is 22.7 Å². The molecule has 14 heteroatoms. The molecule has 0 saturated carbocycles. The number of carbonyl (C=O) groups excluding carboxylic acids is 1. The van der Waals surface area contributed by atoms with E-state index in [1.54, 1.807) is 4.57 Å². The maximum atomic E-state index is 13.9. The molecule has 6 rings (SSSR count). The summed E-state index contributed by atoms with van der Waals surface area (Å²) in [5.41, 5.74) is 2.78. The van der Waals surface area contributed by atoms with Crippen LogP contribution in [0, 0.1) is 0 Å². The number of nitrogens with zero attached hydrogens (tertiary/aromatic N) is 5. The van der Waals surface area contributed by atoms with Gasteiger partial charge in [-0.2, -0.15) is 22.7 Å². The Morgan fingerprint density at radius 2 is 1.93 bits per heavy atom. The fraction of sp³-hybridized carbons (Fsp3) is 0.379. The third kappa shape index (κ3) is 5.71. The lowest BCUT2D eigenvalue weighted by molar-refractivity contribution is -0.137. The maximum absolute atomic E-state index is 13.9. The molecule has 0 radical (unpaired) electrons. The summed E-state index contributed by atoms with van der Waals surface area (Å²) in [5, 5.41) is 10.2. The SMILES string of the molecule is CCc1c(N2CCNCC2)c(=O)n2nc(-c3ccc4c(c3)CCOC4)nc2n1CC(=O)Nc1ccc(C(F)(F)F)cc1Cl. The lowest BCUT2D eigenvalue weighted by Gasteiger charge is -2.31. The van der Waals surface area contributed by atoms with Crippen molar-refractivity contribution in [3.63, 3.8) is 0 Å². The van der Waals surface area contributed by atoms with Gasteiger partial charge in [-0.15, -0.1) is 5.10 Å². The van der Waals surface area contributed by atoms with E-state index in [4.69, 9.17) is 21.3 Å². The van der Waals surface area contributed by atoms with Crippen LogP contribution in [0.3, 0.4) is 0 Å². The van der Waals surface area contributed by atoms with Crippen molar-refractivity contribution in [1.82, 2.24) is 24.5 Å². The maximum Gasteiger partial charge on any atom is 0.416 e. The number of hydrogen-bond donors (Lipinski definition) is 2. The van der Waals surface area contributed by atoms with Crippen LogP contribution in [0.5, 0.6) is 0 Å². The zero-order valence-electron chi connectivity index (χ0n) is 23.3. The molecule has 226 valence electrons. The van der Waals surface area contributed by atoms with Crippen LogP contribution in [0.4, 0.5) is 24.5 Å². The molecular weight excluding hydrogens is 587 g/mol. The molecular formula is C29H29ClF3N7O3. The summed E-state index contributed by atoms with van der Waals surface area (Å²) in [6.07, 6.45) is -3.40. The molecule has 0 spiro atoms. The van der Waals surface area contributed by atoms with Crippen molar-refractivity contribution in [2.45, 2.75) is 39.1 Å². The van der Waals surface area contributed by atoms with Crippen LogP contribution in [0.15, 0.2) is 41.2 Å². The number of benzene rings is 2. The van der Waals surface area contributed by atoms with Gasteiger partial charge in [-0.05, 0) is 48.2 Å². The van der Waals surface area contributed by atoms with Crippen LogP contribution in [0.25, 0.3) is 17.2 Å². The second kappa shape index (κ2) is 11.6. The first-order chi connectivity index (χ1) is 20.6. The van der Waals surface area contributed by atoms with Gasteiger partial charge in [0.05, 0.1) is 35.2 Å². The van der Waals surface area contributed by atoms with Gasteiger partial charge >= 0.3 is 6.18 Å². The largest absolute Gasteiger partial charge is 0.416 e. The first-order valence-electron chi connectivity index (χ1n) is 14.0. The van der Waals surface area contributed by atoms with Crippen molar-refractivity contribution in [3.8, 4) is 11.4 Å². The fourth-order valence-corrected chi connectivity index (χ4v) is 5.80. The van der Waals surface area contributed by atoms with E-state index in [9.17, 15) is 22.8 Å². The first-order valence-corrected chi connectivity index (χ1v) is 14.4. The van der Waals surface area contributed by atoms with E-state index in [2.05, 4.69) is 15.7 Å². The molecule has 0 unspecified atom stereocenters. The Labute approximate surface area is 249 Å². The van der Waals surface area contributed by atoms with Gasteiger partial charge in [0.2, 0.25) is 11.7 Å². The van der Waals surface area contributed by atoms with Crippen molar-refractivity contribution >= 4 is 34.7 Å². The first kappa shape index (κ1) is 29.1. The number of anilines is 2. The number of piperazine rings is 1. The van der Waals surface area contributed by atoms with Crippen LogP contribution in [0.1, 0.15) is 29.3 Å². The van der Waals surface area contributed by atoms with E-state index in [1.807, 2.05) is 30.0 Å². The summed E-state index contributed by atoms with van der Waals surface area (Å²) in [6, 6.07) is 8.59. The van der Waals surface area contributed by atoms with Gasteiger partial charge in [-0.25, -0.2) is 0 Å². The lowest BCUT2D eigenvalue weighted by atomic mass is 10.0. The number of alkyl halides is 3. The molecule has 43 heavy (non-hydrogen) atoms. The topological polar surface area (TPSA) is 106 Å². The molecule has 0 atom stereocenters. The van der Waals surface area contributed by atoms with E-state index in [0.717, 1.165) is 41.3 Å². The predicted molar refractivity (Wildman–Crippen MR) is 156 cm³/mol. The number of fused-ring (bicyclic) bond motifs is 2. The smallest absolute Gasteiger partial charge is 0.376 e. The lowest BCUT2D eigenvalue weighted by Crippen LogP contribution is -2.47. The average Bonchev–Trinajstić information content (AvgIpc) is 3.45. The van der Waals surface area contributed by atoms with Crippen LogP contribution in [0.2, 0.25) is 5.02 Å². The molecule has 0 aliphatic carbocycles. The summed E-state index contributed by atoms with van der Waals surface area (Å²) in [4.78, 5) is 34.0. The Morgan fingerprint density at radius 1 is 1.14 bits per heavy atom. The summed E-state index contributed by atoms with van der Waals surface area (Å²) in [5.74, 6) is -0.0252. The minimum absolute atomic E-state index is 0.0392. The van der Waals surface area contributed by atoms with E-state index in [1.165, 1.54) is 4.52 Å². The number of amides is 1. The summed E-state index contributed by atoms with van der Waals surface area (Å²) in [7, 11) is 0. The van der Waals surface area contributed by atoms with Gasteiger partial charge in [0.15, 0.2) is 5.82 Å². The van der Waals surface area contributed by atoms with E-state index in [0.29, 0.717) is 63.0 Å². The summed E-state index contributed by atoms with van der Waals surface area (Å²) >= 11 is 6.10. The highest BCUT2D eigenvalue weighted by Crippen LogP contribution is 2.34. The minimum atomic E-state index is -4.57. The van der Waals surface area contributed by atoms with Crippen LogP contribution < -0.4 is 21.1 Å². The third-order valence-electron chi connectivity index (χ3n) is 7.70. The van der Waals surface area contributed by atoms with Gasteiger partial charge in [-0.3, -0.25) is 9.59 Å². The fourth-order valence-electron chi connectivity index (χ4n) is 5.57. The monoisotopic (exact) mass is 615 g/mol. The normalized spacial score (nSPS) is 15.5. The van der Waals surface area contributed by atoms with Crippen molar-refractivity contribution in [1.29, 1.82) is 0 Å². The van der Waals surface area contributed by atoms with Gasteiger partial charge in [-0.1, -0.05) is 30.7 Å². The Morgan fingerprint density at radius 3 is 2.65 bits per heavy atom. The van der Waals surface area contributed by atoms with Crippen LogP contribution in [-0.4, -0.2) is 57.9 Å². The molecule has 4 aromatic rings. The van der Waals surface area contributed by atoms with Crippen LogP contribution in [-0.2, 0) is 41.7 Å². The molecule has 2 aliphatic rings. The number of halogens is 4. The van der Waals surface area contributed by atoms with Gasteiger partial charge in [0.1, 0.15) is 12.2 Å². The van der Waals surface area contributed by atoms with Gasteiger partial charge < -0.3 is 24.8 Å². The highest BCUT2D eigenvalue weighted by atomic mass is 35.5. The highest BCUT2D eigenvalue weighted by Gasteiger charge is 2.31. The molecule has 1 amide bonds. The molecule has 2 aromatic carbocycles. The molecule has 4 heterocycles. The van der Waals surface area contributed by atoms with Gasteiger partial charge in [0.25, 0.3) is 5.56 Å². The zero-order valence-corrected chi connectivity index (χ0v) is 24.1. The molecule has 2 aliphatic heterocycles. The average molecular weight is 616 g/mol. The second-order valence-electron chi connectivity index (χ2n) is 10.5. The zero-order chi connectivity index (χ0) is 30.3. The standard InChI is InChI=1S/C29H29ClF3N7O3/c1-2-23-25(38-10-8-34-9-11-38)27(42)40-28(36-26(37-40)18-3-4-19-16-43-12-7-17(19)13-18)39(23)15-24(41)35-22-6-5-20(14-21(22)30)29(31,32)33/h3-6,13-14,34H,2,7-12,15-16H2,1H3,(H,35,41). The number of rotatable bonds is 6. The Kier molecular flexibility index (Phi) is 7.88. The number of carbonyl (C=O) groups is 1. The van der Waals surface area contributed by atoms with E-state index in [-0.39, 0.29) is 28.6 Å². The molecule has 0 bridgehead atoms. The molecule has 10 nitrogen and oxygen atoms in total.